The van der Waals surface area contributed by atoms with E-state index in [9.17, 15) is 4.79 Å². The second-order valence-electron chi connectivity index (χ2n) is 6.28. The minimum atomic E-state index is -0.176. The van der Waals surface area contributed by atoms with Crippen LogP contribution in [0.2, 0.25) is 5.02 Å². The molecule has 0 aliphatic carbocycles. The number of hydrogen-bond donors (Lipinski definition) is 1. The number of rotatable bonds is 5. The molecule has 4 rings (SSSR count). The first-order valence-corrected chi connectivity index (χ1v) is 10.2. The van der Waals surface area contributed by atoms with Gasteiger partial charge in [-0.2, -0.15) is 0 Å². The molecular weight excluding hydrogens is 404 g/mol. The Labute approximate surface area is 178 Å². The molecule has 1 heterocycles. The first-order valence-electron chi connectivity index (χ1n) is 8.98. The number of ether oxygens (including phenoxy) is 1. The summed E-state index contributed by atoms with van der Waals surface area (Å²) < 4.78 is 5.80. The maximum atomic E-state index is 12.3. The number of aliphatic imine (C=N–C) groups is 1. The number of halogens is 1. The minimum Gasteiger partial charge on any atom is -0.489 e. The monoisotopic (exact) mass is 420 g/mol. The number of nitrogens with one attached hydrogen (secondary N) is 1. The van der Waals surface area contributed by atoms with E-state index >= 15 is 0 Å². The average molecular weight is 421 g/mol. The molecule has 0 radical (unpaired) electrons. The lowest BCUT2D eigenvalue weighted by molar-refractivity contribution is -0.115. The first kappa shape index (κ1) is 19.3. The van der Waals surface area contributed by atoms with Crippen molar-refractivity contribution in [1.82, 2.24) is 5.32 Å². The van der Waals surface area contributed by atoms with Crippen molar-refractivity contribution in [2.75, 3.05) is 0 Å². The van der Waals surface area contributed by atoms with E-state index in [-0.39, 0.29) is 5.91 Å². The lowest BCUT2D eigenvalue weighted by Gasteiger charge is -2.06. The van der Waals surface area contributed by atoms with Gasteiger partial charge in [0.2, 0.25) is 0 Å². The molecule has 4 nitrogen and oxygen atoms in total. The van der Waals surface area contributed by atoms with Gasteiger partial charge in [0.25, 0.3) is 5.91 Å². The van der Waals surface area contributed by atoms with Gasteiger partial charge in [-0.3, -0.25) is 4.79 Å². The molecule has 29 heavy (non-hydrogen) atoms. The fourth-order valence-corrected chi connectivity index (χ4v) is 3.70. The number of benzene rings is 3. The number of para-hydroxylation sites is 1. The zero-order chi connectivity index (χ0) is 20.1. The molecule has 0 saturated carbocycles. The first-order chi connectivity index (χ1) is 14.2. The van der Waals surface area contributed by atoms with Crippen LogP contribution in [0.1, 0.15) is 11.1 Å². The third kappa shape index (κ3) is 5.08. The van der Waals surface area contributed by atoms with E-state index in [4.69, 9.17) is 16.3 Å². The molecule has 0 bridgehead atoms. The Kier molecular flexibility index (Phi) is 5.98. The van der Waals surface area contributed by atoms with Crippen LogP contribution in [-0.2, 0) is 11.4 Å². The van der Waals surface area contributed by atoms with Gasteiger partial charge in [-0.05, 0) is 53.2 Å². The van der Waals surface area contributed by atoms with Crippen LogP contribution in [0.25, 0.3) is 6.08 Å². The van der Waals surface area contributed by atoms with Gasteiger partial charge in [0.15, 0.2) is 5.17 Å². The van der Waals surface area contributed by atoms with Crippen LogP contribution in [0.3, 0.4) is 0 Å². The predicted octanol–water partition coefficient (Wildman–Crippen LogP) is 5.81. The Morgan fingerprint density at radius 2 is 1.69 bits per heavy atom. The summed E-state index contributed by atoms with van der Waals surface area (Å²) in [6.07, 6.45) is 1.83. The normalized spacial score (nSPS) is 16.2. The molecule has 0 aromatic heterocycles. The fourth-order valence-electron chi connectivity index (χ4n) is 2.68. The van der Waals surface area contributed by atoms with Crippen LogP contribution < -0.4 is 10.1 Å². The fraction of sp³-hybridized carbons (Fsp3) is 0.0435. The number of amidine groups is 1. The maximum absolute atomic E-state index is 12.3. The lowest BCUT2D eigenvalue weighted by atomic mass is 10.2. The second kappa shape index (κ2) is 8.99. The summed E-state index contributed by atoms with van der Waals surface area (Å²) in [5.74, 6) is 0.603. The summed E-state index contributed by atoms with van der Waals surface area (Å²) in [5, 5.41) is 3.82. The average Bonchev–Trinajstić information content (AvgIpc) is 3.09. The SMILES string of the molecule is O=C1NC(=Nc2ccccc2Cl)S/C1=C\c1ccc(OCc2ccccc2)cc1. The van der Waals surface area contributed by atoms with E-state index in [0.717, 1.165) is 16.9 Å². The molecule has 0 atom stereocenters. The summed E-state index contributed by atoms with van der Waals surface area (Å²) >= 11 is 7.42. The lowest BCUT2D eigenvalue weighted by Crippen LogP contribution is -2.19. The largest absolute Gasteiger partial charge is 0.489 e. The van der Waals surface area contributed by atoms with Crippen molar-refractivity contribution >= 4 is 46.2 Å². The Hall–Kier alpha value is -3.02. The van der Waals surface area contributed by atoms with Crippen LogP contribution >= 0.6 is 23.4 Å². The topological polar surface area (TPSA) is 50.7 Å². The summed E-state index contributed by atoms with van der Waals surface area (Å²) in [4.78, 5) is 17.3. The number of nitrogens with zero attached hydrogens (tertiary/aromatic N) is 1. The van der Waals surface area contributed by atoms with E-state index < -0.39 is 0 Å². The Bertz CT molecular complexity index is 1080. The van der Waals surface area contributed by atoms with E-state index in [1.807, 2.05) is 72.8 Å². The van der Waals surface area contributed by atoms with Gasteiger partial charge in [0.05, 0.1) is 15.6 Å². The summed E-state index contributed by atoms with van der Waals surface area (Å²) in [6, 6.07) is 24.9. The number of carbonyl (C=O) groups excluding carboxylic acids is 1. The molecule has 1 N–H and O–H groups in total. The number of thioether (sulfide) groups is 1. The van der Waals surface area contributed by atoms with Gasteiger partial charge in [0.1, 0.15) is 12.4 Å². The number of carbonyl (C=O) groups is 1. The standard InChI is InChI=1S/C23H17ClN2O2S/c24-19-8-4-5-9-20(19)25-23-26-22(27)21(29-23)14-16-10-12-18(13-11-16)28-15-17-6-2-1-3-7-17/h1-14H,15H2,(H,25,26,27)/b21-14-. The van der Waals surface area contributed by atoms with E-state index in [1.165, 1.54) is 11.8 Å². The molecule has 144 valence electrons. The van der Waals surface area contributed by atoms with Gasteiger partial charge >= 0.3 is 0 Å². The molecule has 3 aromatic carbocycles. The van der Waals surface area contributed by atoms with E-state index in [2.05, 4.69) is 10.3 Å². The van der Waals surface area contributed by atoms with Crippen molar-refractivity contribution in [1.29, 1.82) is 0 Å². The van der Waals surface area contributed by atoms with Gasteiger partial charge in [-0.15, -0.1) is 0 Å². The Morgan fingerprint density at radius 1 is 0.966 bits per heavy atom. The zero-order valence-corrected chi connectivity index (χ0v) is 16.9. The third-order valence-corrected chi connectivity index (χ3v) is 5.38. The highest BCUT2D eigenvalue weighted by molar-refractivity contribution is 8.18. The molecule has 0 spiro atoms. The smallest absolute Gasteiger partial charge is 0.264 e. The Morgan fingerprint density at radius 3 is 2.45 bits per heavy atom. The molecule has 0 unspecified atom stereocenters. The molecular formula is C23H17ClN2O2S. The van der Waals surface area contributed by atoms with Crippen molar-refractivity contribution in [2.24, 2.45) is 4.99 Å². The van der Waals surface area contributed by atoms with Crippen LogP contribution in [0.15, 0.2) is 88.8 Å². The van der Waals surface area contributed by atoms with Crippen molar-refractivity contribution in [3.05, 3.63) is 99.9 Å². The van der Waals surface area contributed by atoms with Gasteiger partial charge < -0.3 is 10.1 Å². The van der Waals surface area contributed by atoms with Gasteiger partial charge in [0, 0.05) is 0 Å². The van der Waals surface area contributed by atoms with Crippen LogP contribution in [-0.4, -0.2) is 11.1 Å². The maximum Gasteiger partial charge on any atom is 0.264 e. The third-order valence-electron chi connectivity index (χ3n) is 4.15. The molecule has 1 amide bonds. The van der Waals surface area contributed by atoms with Crippen LogP contribution in [0.4, 0.5) is 5.69 Å². The second-order valence-corrected chi connectivity index (χ2v) is 7.71. The predicted molar refractivity (Wildman–Crippen MR) is 119 cm³/mol. The van der Waals surface area contributed by atoms with Crippen molar-refractivity contribution in [3.8, 4) is 5.75 Å². The molecule has 1 fully saturated rings. The van der Waals surface area contributed by atoms with Crippen molar-refractivity contribution in [2.45, 2.75) is 6.61 Å². The van der Waals surface area contributed by atoms with Crippen molar-refractivity contribution < 1.29 is 9.53 Å². The summed E-state index contributed by atoms with van der Waals surface area (Å²) in [7, 11) is 0. The molecule has 6 heteroatoms. The zero-order valence-electron chi connectivity index (χ0n) is 15.3. The molecule has 1 saturated heterocycles. The minimum absolute atomic E-state index is 0.176. The highest BCUT2D eigenvalue weighted by Crippen LogP contribution is 2.31. The van der Waals surface area contributed by atoms with Crippen molar-refractivity contribution in [3.63, 3.8) is 0 Å². The highest BCUT2D eigenvalue weighted by atomic mass is 35.5. The van der Waals surface area contributed by atoms with Crippen LogP contribution in [0, 0.1) is 0 Å². The van der Waals surface area contributed by atoms with Gasteiger partial charge in [-0.25, -0.2) is 4.99 Å². The summed E-state index contributed by atoms with van der Waals surface area (Å²) in [5.41, 5.74) is 2.65. The number of amides is 1. The Balaban J connectivity index is 1.42. The van der Waals surface area contributed by atoms with E-state index in [0.29, 0.717) is 27.4 Å². The quantitative estimate of drug-likeness (QED) is 0.530. The summed E-state index contributed by atoms with van der Waals surface area (Å²) in [6.45, 7) is 0.515. The molecule has 3 aromatic rings. The van der Waals surface area contributed by atoms with Crippen LogP contribution in [0.5, 0.6) is 5.75 Å². The molecule has 1 aliphatic rings. The molecule has 1 aliphatic heterocycles. The van der Waals surface area contributed by atoms with Gasteiger partial charge in [-0.1, -0.05) is 66.2 Å². The highest BCUT2D eigenvalue weighted by Gasteiger charge is 2.24. The van der Waals surface area contributed by atoms with E-state index in [1.54, 1.807) is 12.1 Å². The number of hydrogen-bond acceptors (Lipinski definition) is 4.